The van der Waals surface area contributed by atoms with Gasteiger partial charge in [0.25, 0.3) is 0 Å². The minimum absolute atomic E-state index is 0.0735. The average Bonchev–Trinajstić information content (AvgIpc) is 2.80. The zero-order valence-electron chi connectivity index (χ0n) is 9.05. The molecule has 4 heteroatoms. The summed E-state index contributed by atoms with van der Waals surface area (Å²) in [6.07, 6.45) is 2.58. The molecule has 0 aromatic carbocycles. The lowest BCUT2D eigenvalue weighted by molar-refractivity contribution is 0.492. The number of pyridine rings is 1. The quantitative estimate of drug-likeness (QED) is 0.778. The van der Waals surface area contributed by atoms with Crippen LogP contribution in [0, 0.1) is 5.92 Å². The van der Waals surface area contributed by atoms with Gasteiger partial charge in [-0.25, -0.2) is 4.98 Å². The molecule has 0 radical (unpaired) electrons. The van der Waals surface area contributed by atoms with Crippen molar-refractivity contribution in [3.8, 4) is 0 Å². The minimum Gasteiger partial charge on any atom is -0.399 e. The van der Waals surface area contributed by atoms with Crippen LogP contribution in [0.1, 0.15) is 26.7 Å². The monoisotopic (exact) mass is 225 g/mol. The first-order valence-corrected chi connectivity index (χ1v) is 5.56. The van der Waals surface area contributed by atoms with Gasteiger partial charge in [-0.05, 0) is 38.7 Å². The molecular formula is C11H16ClN3. The first-order valence-electron chi connectivity index (χ1n) is 5.18. The van der Waals surface area contributed by atoms with Gasteiger partial charge in [-0.3, -0.25) is 0 Å². The van der Waals surface area contributed by atoms with Crippen molar-refractivity contribution >= 4 is 23.1 Å². The zero-order valence-corrected chi connectivity index (χ0v) is 9.80. The number of rotatable bonds is 3. The highest BCUT2D eigenvalue weighted by molar-refractivity contribution is 6.29. The topological polar surface area (TPSA) is 50.9 Å². The maximum absolute atomic E-state index is 5.84. The number of hydrogen-bond donors (Lipinski definition) is 2. The number of hydrogen-bond acceptors (Lipinski definition) is 3. The van der Waals surface area contributed by atoms with E-state index in [1.807, 2.05) is 6.07 Å². The van der Waals surface area contributed by atoms with Crippen LogP contribution in [0.3, 0.4) is 0 Å². The van der Waals surface area contributed by atoms with E-state index in [0.717, 1.165) is 11.7 Å². The molecule has 1 aliphatic carbocycles. The van der Waals surface area contributed by atoms with Crippen LogP contribution in [-0.4, -0.2) is 10.5 Å². The Morgan fingerprint density at radius 1 is 1.47 bits per heavy atom. The molecule has 3 nitrogen and oxygen atoms in total. The normalized spacial score (nSPS) is 16.5. The second-order valence-corrected chi connectivity index (χ2v) is 5.12. The SMILES string of the molecule is CC(C)(Nc1cc(N)cc(Cl)n1)C1CC1. The van der Waals surface area contributed by atoms with E-state index < -0.39 is 0 Å². The van der Waals surface area contributed by atoms with Crippen molar-refractivity contribution in [2.75, 3.05) is 11.1 Å². The van der Waals surface area contributed by atoms with Gasteiger partial charge >= 0.3 is 0 Å². The number of nitrogens with one attached hydrogen (secondary N) is 1. The molecular weight excluding hydrogens is 210 g/mol. The standard InChI is InChI=1S/C11H16ClN3/c1-11(2,7-3-4-7)15-10-6-8(13)5-9(12)14-10/h5-7H,3-4H2,1-2H3,(H3,13,14,15). The molecule has 1 fully saturated rings. The fourth-order valence-electron chi connectivity index (χ4n) is 1.82. The van der Waals surface area contributed by atoms with Gasteiger partial charge in [-0.1, -0.05) is 11.6 Å². The highest BCUT2D eigenvalue weighted by Gasteiger charge is 2.37. The number of nitrogen functional groups attached to an aromatic ring is 1. The fraction of sp³-hybridized carbons (Fsp3) is 0.545. The molecule has 1 aromatic rings. The Labute approximate surface area is 95.0 Å². The molecule has 1 saturated carbocycles. The van der Waals surface area contributed by atoms with Gasteiger partial charge in [0.15, 0.2) is 0 Å². The Morgan fingerprint density at radius 3 is 2.67 bits per heavy atom. The van der Waals surface area contributed by atoms with Gasteiger partial charge in [0, 0.05) is 17.3 Å². The lowest BCUT2D eigenvalue weighted by Gasteiger charge is -2.27. The van der Waals surface area contributed by atoms with E-state index in [1.165, 1.54) is 12.8 Å². The predicted molar refractivity (Wildman–Crippen MR) is 64.1 cm³/mol. The molecule has 2 rings (SSSR count). The van der Waals surface area contributed by atoms with Gasteiger partial charge in [0.2, 0.25) is 0 Å². The molecule has 1 aromatic heterocycles. The summed E-state index contributed by atoms with van der Waals surface area (Å²) in [5.74, 6) is 1.50. The number of nitrogens with two attached hydrogens (primary N) is 1. The van der Waals surface area contributed by atoms with Crippen LogP contribution in [0.15, 0.2) is 12.1 Å². The first kappa shape index (κ1) is 10.6. The molecule has 0 aliphatic heterocycles. The van der Waals surface area contributed by atoms with Crippen LogP contribution in [0.5, 0.6) is 0 Å². The largest absolute Gasteiger partial charge is 0.399 e. The van der Waals surface area contributed by atoms with Crippen molar-refractivity contribution in [2.24, 2.45) is 5.92 Å². The molecule has 1 heterocycles. The van der Waals surface area contributed by atoms with Gasteiger partial charge in [0.05, 0.1) is 0 Å². The molecule has 0 bridgehead atoms. The molecule has 0 saturated heterocycles. The van der Waals surface area contributed by atoms with Gasteiger partial charge in [-0.15, -0.1) is 0 Å². The minimum atomic E-state index is 0.0735. The summed E-state index contributed by atoms with van der Waals surface area (Å²) in [5.41, 5.74) is 6.42. The molecule has 0 spiro atoms. The highest BCUT2D eigenvalue weighted by atomic mass is 35.5. The number of halogens is 1. The molecule has 0 unspecified atom stereocenters. The van der Waals surface area contributed by atoms with E-state index in [-0.39, 0.29) is 5.54 Å². The third kappa shape index (κ3) is 2.53. The van der Waals surface area contributed by atoms with E-state index in [4.69, 9.17) is 17.3 Å². The summed E-state index contributed by atoms with van der Waals surface area (Å²) >= 11 is 5.84. The van der Waals surface area contributed by atoms with Crippen LogP contribution in [0.4, 0.5) is 11.5 Å². The third-order valence-electron chi connectivity index (χ3n) is 2.86. The summed E-state index contributed by atoms with van der Waals surface area (Å²) in [7, 11) is 0. The van der Waals surface area contributed by atoms with Crippen LogP contribution in [0.2, 0.25) is 5.15 Å². The van der Waals surface area contributed by atoms with Gasteiger partial charge in [0.1, 0.15) is 11.0 Å². The lowest BCUT2D eigenvalue weighted by atomic mass is 9.99. The van der Waals surface area contributed by atoms with E-state index in [1.54, 1.807) is 6.07 Å². The maximum Gasteiger partial charge on any atom is 0.133 e. The number of anilines is 2. The average molecular weight is 226 g/mol. The predicted octanol–water partition coefficient (Wildman–Crippen LogP) is 2.92. The van der Waals surface area contributed by atoms with Crippen LogP contribution in [-0.2, 0) is 0 Å². The molecule has 82 valence electrons. The lowest BCUT2D eigenvalue weighted by Crippen LogP contribution is -2.33. The van der Waals surface area contributed by atoms with E-state index >= 15 is 0 Å². The van der Waals surface area contributed by atoms with Gasteiger partial charge in [-0.2, -0.15) is 0 Å². The van der Waals surface area contributed by atoms with Crippen molar-refractivity contribution in [2.45, 2.75) is 32.2 Å². The Kier molecular flexibility index (Phi) is 2.51. The molecule has 15 heavy (non-hydrogen) atoms. The van der Waals surface area contributed by atoms with E-state index in [0.29, 0.717) is 10.8 Å². The van der Waals surface area contributed by atoms with Crippen molar-refractivity contribution in [3.63, 3.8) is 0 Å². The van der Waals surface area contributed by atoms with Crippen LogP contribution < -0.4 is 11.1 Å². The van der Waals surface area contributed by atoms with Crippen LogP contribution in [0.25, 0.3) is 0 Å². The third-order valence-corrected chi connectivity index (χ3v) is 3.06. The highest BCUT2D eigenvalue weighted by Crippen LogP contribution is 2.41. The summed E-state index contributed by atoms with van der Waals surface area (Å²) in [6, 6.07) is 3.47. The Hall–Kier alpha value is -0.960. The molecule has 3 N–H and O–H groups in total. The molecule has 1 aliphatic rings. The van der Waals surface area contributed by atoms with Gasteiger partial charge < -0.3 is 11.1 Å². The van der Waals surface area contributed by atoms with E-state index in [9.17, 15) is 0 Å². The van der Waals surface area contributed by atoms with Crippen LogP contribution >= 0.6 is 11.6 Å². The first-order chi connectivity index (χ1) is 6.97. The second-order valence-electron chi connectivity index (χ2n) is 4.73. The molecule has 0 atom stereocenters. The summed E-state index contributed by atoms with van der Waals surface area (Å²) < 4.78 is 0. The molecule has 0 amide bonds. The smallest absolute Gasteiger partial charge is 0.133 e. The van der Waals surface area contributed by atoms with Crippen molar-refractivity contribution in [3.05, 3.63) is 17.3 Å². The second kappa shape index (κ2) is 3.56. The Balaban J connectivity index is 2.16. The van der Waals surface area contributed by atoms with Crippen molar-refractivity contribution < 1.29 is 0 Å². The van der Waals surface area contributed by atoms with E-state index in [2.05, 4.69) is 24.1 Å². The Morgan fingerprint density at radius 2 is 2.13 bits per heavy atom. The fourth-order valence-corrected chi connectivity index (χ4v) is 2.03. The zero-order chi connectivity index (χ0) is 11.1. The number of nitrogens with zero attached hydrogens (tertiary/aromatic N) is 1. The van der Waals surface area contributed by atoms with Crippen molar-refractivity contribution in [1.29, 1.82) is 0 Å². The summed E-state index contributed by atoms with van der Waals surface area (Å²) in [6.45, 7) is 4.37. The van der Waals surface area contributed by atoms with Crippen molar-refractivity contribution in [1.82, 2.24) is 4.98 Å². The maximum atomic E-state index is 5.84. The summed E-state index contributed by atoms with van der Waals surface area (Å²) in [5, 5.41) is 3.82. The summed E-state index contributed by atoms with van der Waals surface area (Å²) in [4.78, 5) is 4.20. The Bertz CT molecular complexity index is 352. The number of aromatic nitrogens is 1.